The number of anilines is 1. The summed E-state index contributed by atoms with van der Waals surface area (Å²) in [5.74, 6) is -0.493. The number of nitrogens with one attached hydrogen (secondary N) is 2. The van der Waals surface area contributed by atoms with Gasteiger partial charge < -0.3 is 5.32 Å². The van der Waals surface area contributed by atoms with Gasteiger partial charge in [0.2, 0.25) is 21.1 Å². The fourth-order valence-corrected chi connectivity index (χ4v) is 6.23. The van der Waals surface area contributed by atoms with Gasteiger partial charge in [0.15, 0.2) is 4.34 Å². The molecule has 186 valence electrons. The van der Waals surface area contributed by atoms with Gasteiger partial charge in [-0.1, -0.05) is 66.7 Å². The second kappa shape index (κ2) is 12.5. The van der Waals surface area contributed by atoms with Crippen molar-refractivity contribution in [3.63, 3.8) is 0 Å². The Morgan fingerprint density at radius 3 is 2.40 bits per heavy atom. The molecule has 9 nitrogen and oxygen atoms in total. The third-order valence-corrected chi connectivity index (χ3v) is 9.25. The van der Waals surface area contributed by atoms with E-state index in [0.29, 0.717) is 29.0 Å². The molecule has 0 saturated heterocycles. The molecule has 2 amide bonds. The molecule has 0 fully saturated rings. The lowest BCUT2D eigenvalue weighted by Crippen LogP contribution is -2.30. The van der Waals surface area contributed by atoms with Crippen molar-refractivity contribution in [1.29, 1.82) is 0 Å². The molecule has 0 aliphatic heterocycles. The Balaban J connectivity index is 1.51. The number of aromatic nitrogens is 2. The monoisotopic (exact) mass is 553 g/mol. The Bertz CT molecular complexity index is 1280. The molecule has 0 saturated carbocycles. The summed E-state index contributed by atoms with van der Waals surface area (Å²) in [6.07, 6.45) is 0. The maximum Gasteiger partial charge on any atom is 0.257 e. The summed E-state index contributed by atoms with van der Waals surface area (Å²) >= 11 is 8.42. The zero-order chi connectivity index (χ0) is 25.4. The predicted molar refractivity (Wildman–Crippen MR) is 138 cm³/mol. The first kappa shape index (κ1) is 27.1. The quantitative estimate of drug-likeness (QED) is 0.273. The van der Waals surface area contributed by atoms with E-state index in [1.165, 1.54) is 40.3 Å². The normalized spacial score (nSPS) is 11.4. The average Bonchev–Trinajstić information content (AvgIpc) is 3.30. The van der Waals surface area contributed by atoms with Crippen LogP contribution < -0.4 is 10.6 Å². The number of carbonyl (C=O) groups is 2. The molecule has 0 bridgehead atoms. The van der Waals surface area contributed by atoms with Gasteiger partial charge >= 0.3 is 0 Å². The molecule has 13 heteroatoms. The van der Waals surface area contributed by atoms with Crippen LogP contribution in [-0.4, -0.2) is 53.6 Å². The van der Waals surface area contributed by atoms with Gasteiger partial charge in [0, 0.05) is 30.2 Å². The lowest BCUT2D eigenvalue weighted by atomic mass is 10.2. The number of amides is 2. The second-order valence-corrected chi connectivity index (χ2v) is 11.6. The smallest absolute Gasteiger partial charge is 0.257 e. The van der Waals surface area contributed by atoms with Crippen LogP contribution in [0, 0.1) is 0 Å². The number of carbonyl (C=O) groups excluding carboxylic acids is 2. The van der Waals surface area contributed by atoms with Crippen molar-refractivity contribution in [3.05, 3.63) is 64.7 Å². The van der Waals surface area contributed by atoms with E-state index in [1.807, 2.05) is 18.2 Å². The van der Waals surface area contributed by atoms with Crippen molar-refractivity contribution in [2.24, 2.45) is 0 Å². The van der Waals surface area contributed by atoms with Crippen LogP contribution in [0.15, 0.2) is 57.8 Å². The number of benzene rings is 2. The molecular formula is C22H24ClN5O4S3. The number of halogens is 1. The second-order valence-electron chi connectivity index (χ2n) is 7.10. The molecule has 0 aliphatic carbocycles. The van der Waals surface area contributed by atoms with Crippen LogP contribution in [-0.2, 0) is 21.4 Å². The van der Waals surface area contributed by atoms with Crippen molar-refractivity contribution in [2.75, 3.05) is 24.2 Å². The van der Waals surface area contributed by atoms with Crippen LogP contribution in [0.4, 0.5) is 5.13 Å². The molecule has 1 aromatic heterocycles. The van der Waals surface area contributed by atoms with E-state index in [0.717, 1.165) is 16.9 Å². The van der Waals surface area contributed by atoms with Crippen LogP contribution in [0.25, 0.3) is 0 Å². The van der Waals surface area contributed by atoms with Crippen LogP contribution in [0.2, 0.25) is 5.02 Å². The molecule has 35 heavy (non-hydrogen) atoms. The summed E-state index contributed by atoms with van der Waals surface area (Å²) in [4.78, 5) is 24.8. The molecule has 2 aromatic carbocycles. The van der Waals surface area contributed by atoms with Gasteiger partial charge in [-0.2, -0.15) is 4.31 Å². The van der Waals surface area contributed by atoms with E-state index >= 15 is 0 Å². The van der Waals surface area contributed by atoms with Crippen LogP contribution in [0.3, 0.4) is 0 Å². The minimum Gasteiger partial charge on any atom is -0.351 e. The third kappa shape index (κ3) is 7.24. The fraction of sp³-hybridized carbons (Fsp3) is 0.273. The highest BCUT2D eigenvalue weighted by Crippen LogP contribution is 2.26. The largest absolute Gasteiger partial charge is 0.351 e. The molecule has 1 heterocycles. The molecular weight excluding hydrogens is 530 g/mol. The van der Waals surface area contributed by atoms with E-state index in [4.69, 9.17) is 11.6 Å². The number of rotatable bonds is 11. The third-order valence-electron chi connectivity index (χ3n) is 4.85. The number of nitrogens with zero attached hydrogens (tertiary/aromatic N) is 3. The van der Waals surface area contributed by atoms with Crippen molar-refractivity contribution in [2.45, 2.75) is 29.6 Å². The van der Waals surface area contributed by atoms with E-state index in [9.17, 15) is 18.0 Å². The van der Waals surface area contributed by atoms with Crippen LogP contribution in [0.1, 0.15) is 29.8 Å². The van der Waals surface area contributed by atoms with Gasteiger partial charge in [0.05, 0.1) is 10.6 Å². The summed E-state index contributed by atoms with van der Waals surface area (Å²) in [7, 11) is -3.60. The molecule has 0 spiro atoms. The minimum absolute atomic E-state index is 0.125. The fourth-order valence-electron chi connectivity index (χ4n) is 2.99. The van der Waals surface area contributed by atoms with Gasteiger partial charge in [-0.05, 0) is 35.9 Å². The summed E-state index contributed by atoms with van der Waals surface area (Å²) < 4.78 is 27.0. The highest BCUT2D eigenvalue weighted by molar-refractivity contribution is 8.01. The standard InChI is InChI=1S/C22H24ClN5O4S3/c1-3-28(4-2)35(31,32)17-11-9-15(10-12-17)20(30)25-21-26-27-22(34-21)33-14-19(29)24-13-16-7-5-6-8-18(16)23/h5-12H,3-4,13-14H2,1-2H3,(H,24,29)(H,25,26,30). The molecule has 2 N–H and O–H groups in total. The maximum absolute atomic E-state index is 12.6. The predicted octanol–water partition coefficient (Wildman–Crippen LogP) is 3.88. The highest BCUT2D eigenvalue weighted by Gasteiger charge is 2.22. The Morgan fingerprint density at radius 2 is 1.74 bits per heavy atom. The van der Waals surface area contributed by atoms with Gasteiger partial charge in [-0.15, -0.1) is 10.2 Å². The number of thioether (sulfide) groups is 1. The number of hydrogen-bond acceptors (Lipinski definition) is 8. The number of sulfonamides is 1. The summed E-state index contributed by atoms with van der Waals surface area (Å²) in [5, 5.41) is 14.2. The zero-order valence-corrected chi connectivity index (χ0v) is 22.2. The molecule has 0 atom stereocenters. The SMILES string of the molecule is CCN(CC)S(=O)(=O)c1ccc(C(=O)Nc2nnc(SCC(=O)NCc3ccccc3Cl)s2)cc1. The first-order valence-corrected chi connectivity index (χ1v) is 14.2. The lowest BCUT2D eigenvalue weighted by molar-refractivity contribution is -0.118. The first-order chi connectivity index (χ1) is 16.7. The lowest BCUT2D eigenvalue weighted by Gasteiger charge is -2.18. The Morgan fingerprint density at radius 1 is 1.06 bits per heavy atom. The van der Waals surface area contributed by atoms with E-state index in [2.05, 4.69) is 20.8 Å². The van der Waals surface area contributed by atoms with Crippen molar-refractivity contribution < 1.29 is 18.0 Å². The van der Waals surface area contributed by atoms with Crippen LogP contribution >= 0.6 is 34.7 Å². The molecule has 3 aromatic rings. The Hall–Kier alpha value is -2.51. The van der Waals surface area contributed by atoms with Gasteiger partial charge in [-0.3, -0.25) is 14.9 Å². The van der Waals surface area contributed by atoms with Crippen molar-refractivity contribution in [3.8, 4) is 0 Å². The molecule has 3 rings (SSSR count). The summed E-state index contributed by atoms with van der Waals surface area (Å²) in [5.41, 5.74) is 1.11. The van der Waals surface area contributed by atoms with Gasteiger partial charge in [0.25, 0.3) is 5.91 Å². The summed E-state index contributed by atoms with van der Waals surface area (Å²) in [6.45, 7) is 4.59. The van der Waals surface area contributed by atoms with Crippen LogP contribution in [0.5, 0.6) is 0 Å². The van der Waals surface area contributed by atoms with Gasteiger partial charge in [-0.25, -0.2) is 8.42 Å². The average molecular weight is 554 g/mol. The Kier molecular flexibility index (Phi) is 9.63. The minimum atomic E-state index is -3.60. The summed E-state index contributed by atoms with van der Waals surface area (Å²) in [6, 6.07) is 13.0. The Labute approximate surface area is 217 Å². The topological polar surface area (TPSA) is 121 Å². The van der Waals surface area contributed by atoms with Crippen molar-refractivity contribution in [1.82, 2.24) is 19.8 Å². The van der Waals surface area contributed by atoms with Crippen molar-refractivity contribution >= 4 is 61.7 Å². The van der Waals surface area contributed by atoms with E-state index in [-0.39, 0.29) is 27.3 Å². The maximum atomic E-state index is 12.6. The first-order valence-electron chi connectivity index (χ1n) is 10.6. The molecule has 0 unspecified atom stereocenters. The van der Waals surface area contributed by atoms with E-state index < -0.39 is 15.9 Å². The highest BCUT2D eigenvalue weighted by atomic mass is 35.5. The zero-order valence-electron chi connectivity index (χ0n) is 19.0. The molecule has 0 radical (unpaired) electrons. The van der Waals surface area contributed by atoms with Gasteiger partial charge in [0.1, 0.15) is 0 Å². The van der Waals surface area contributed by atoms with E-state index in [1.54, 1.807) is 19.9 Å². The molecule has 0 aliphatic rings. The number of hydrogen-bond donors (Lipinski definition) is 2.